The van der Waals surface area contributed by atoms with Crippen LogP contribution < -0.4 is 5.48 Å². The highest BCUT2D eigenvalue weighted by Crippen LogP contribution is 2.34. The molecule has 90 valence electrons. The summed E-state index contributed by atoms with van der Waals surface area (Å²) in [6.07, 6.45) is 2.05. The molecule has 0 radical (unpaired) electrons. The molecule has 0 saturated carbocycles. The fourth-order valence-corrected chi connectivity index (χ4v) is 2.95. The van der Waals surface area contributed by atoms with E-state index in [9.17, 15) is 0 Å². The lowest BCUT2D eigenvalue weighted by Crippen LogP contribution is -2.20. The SMILES string of the molecule is CONc1ccccc1SN1CCCC1C#N. The Morgan fingerprint density at radius 1 is 1.53 bits per heavy atom. The van der Waals surface area contributed by atoms with E-state index in [1.165, 1.54) is 0 Å². The van der Waals surface area contributed by atoms with Gasteiger partial charge in [0.05, 0.1) is 18.9 Å². The summed E-state index contributed by atoms with van der Waals surface area (Å²) in [5, 5.41) is 9.04. The molecule has 1 atom stereocenters. The summed E-state index contributed by atoms with van der Waals surface area (Å²) >= 11 is 1.62. The van der Waals surface area contributed by atoms with Crippen LogP contribution in [0.25, 0.3) is 0 Å². The van der Waals surface area contributed by atoms with Crippen LogP contribution in [-0.2, 0) is 4.84 Å². The maximum Gasteiger partial charge on any atom is 0.107 e. The van der Waals surface area contributed by atoms with E-state index in [2.05, 4.69) is 15.9 Å². The first-order chi connectivity index (χ1) is 8.35. The summed E-state index contributed by atoms with van der Waals surface area (Å²) in [6, 6.07) is 10.3. The largest absolute Gasteiger partial charge is 0.279 e. The summed E-state index contributed by atoms with van der Waals surface area (Å²) in [5.41, 5.74) is 3.79. The second-order valence-corrected chi connectivity index (χ2v) is 4.91. The second-order valence-electron chi connectivity index (χ2n) is 3.82. The Morgan fingerprint density at radius 3 is 3.12 bits per heavy atom. The fourth-order valence-electron chi connectivity index (χ4n) is 1.85. The standard InChI is InChI=1S/C12H15N3OS/c1-16-14-11-6-2-3-7-12(11)17-15-8-4-5-10(15)9-13/h2-3,6-7,10,14H,4-5,8H2,1H3. The molecule has 5 heteroatoms. The molecule has 0 aliphatic carbocycles. The Hall–Kier alpha value is -1.22. The Morgan fingerprint density at radius 2 is 2.35 bits per heavy atom. The summed E-state index contributed by atoms with van der Waals surface area (Å²) < 4.78 is 2.14. The normalized spacial score (nSPS) is 20.1. The zero-order chi connectivity index (χ0) is 12.1. The zero-order valence-corrected chi connectivity index (χ0v) is 10.5. The third-order valence-electron chi connectivity index (χ3n) is 2.67. The van der Waals surface area contributed by atoms with Crippen LogP contribution in [0.4, 0.5) is 5.69 Å². The number of nitriles is 1. The molecule has 1 heterocycles. The molecular weight excluding hydrogens is 234 g/mol. The number of benzene rings is 1. The van der Waals surface area contributed by atoms with Gasteiger partial charge >= 0.3 is 0 Å². The predicted octanol–water partition coefficient (Wildman–Crippen LogP) is 2.65. The number of hydrogen-bond acceptors (Lipinski definition) is 5. The van der Waals surface area contributed by atoms with Gasteiger partial charge in [-0.15, -0.1) is 0 Å². The first-order valence-electron chi connectivity index (χ1n) is 5.57. The Bertz CT molecular complexity index is 418. The van der Waals surface area contributed by atoms with Crippen LogP contribution in [0.1, 0.15) is 12.8 Å². The summed E-state index contributed by atoms with van der Waals surface area (Å²) in [4.78, 5) is 6.02. The number of hydrogen-bond donors (Lipinski definition) is 1. The quantitative estimate of drug-likeness (QED) is 0.656. The van der Waals surface area contributed by atoms with Gasteiger partial charge in [-0.3, -0.25) is 10.3 Å². The highest BCUT2D eigenvalue weighted by molar-refractivity contribution is 7.97. The molecule has 1 fully saturated rings. The first-order valence-corrected chi connectivity index (χ1v) is 6.34. The number of nitrogens with zero attached hydrogens (tertiary/aromatic N) is 2. The van der Waals surface area contributed by atoms with Crippen LogP contribution in [0.3, 0.4) is 0 Å². The maximum atomic E-state index is 9.04. The van der Waals surface area contributed by atoms with E-state index >= 15 is 0 Å². The van der Waals surface area contributed by atoms with Gasteiger partial charge in [0.1, 0.15) is 6.04 Å². The monoisotopic (exact) mass is 249 g/mol. The third kappa shape index (κ3) is 2.91. The van der Waals surface area contributed by atoms with E-state index in [4.69, 9.17) is 10.1 Å². The van der Waals surface area contributed by atoms with E-state index in [0.29, 0.717) is 0 Å². The lowest BCUT2D eigenvalue weighted by molar-refractivity contribution is 0.270. The lowest BCUT2D eigenvalue weighted by atomic mass is 10.2. The molecule has 1 unspecified atom stereocenters. The molecule has 1 saturated heterocycles. The van der Waals surface area contributed by atoms with Crippen molar-refractivity contribution in [3.05, 3.63) is 24.3 Å². The molecule has 0 bridgehead atoms. The molecule has 4 nitrogen and oxygen atoms in total. The lowest BCUT2D eigenvalue weighted by Gasteiger charge is -2.19. The van der Waals surface area contributed by atoms with Crippen molar-refractivity contribution in [1.82, 2.24) is 4.31 Å². The van der Waals surface area contributed by atoms with E-state index in [0.717, 1.165) is 30.0 Å². The van der Waals surface area contributed by atoms with E-state index < -0.39 is 0 Å². The van der Waals surface area contributed by atoms with Crippen LogP contribution in [0.2, 0.25) is 0 Å². The molecule has 2 rings (SSSR count). The van der Waals surface area contributed by atoms with E-state index in [1.807, 2.05) is 24.3 Å². The van der Waals surface area contributed by atoms with Gasteiger partial charge in [-0.05, 0) is 36.9 Å². The number of rotatable bonds is 4. The molecule has 0 amide bonds. The van der Waals surface area contributed by atoms with Crippen LogP contribution in [0.5, 0.6) is 0 Å². The minimum atomic E-state index is 0.0237. The van der Waals surface area contributed by atoms with Crippen molar-refractivity contribution in [2.75, 3.05) is 19.1 Å². The molecule has 0 aromatic heterocycles. The van der Waals surface area contributed by atoms with Gasteiger partial charge in [-0.2, -0.15) is 5.26 Å². The van der Waals surface area contributed by atoms with Crippen molar-refractivity contribution in [3.63, 3.8) is 0 Å². The van der Waals surface area contributed by atoms with Crippen LogP contribution in [-0.4, -0.2) is 24.0 Å². The predicted molar refractivity (Wildman–Crippen MR) is 68.3 cm³/mol. The van der Waals surface area contributed by atoms with Crippen molar-refractivity contribution >= 4 is 17.6 Å². The van der Waals surface area contributed by atoms with Crippen LogP contribution in [0, 0.1) is 11.3 Å². The smallest absolute Gasteiger partial charge is 0.107 e. The van der Waals surface area contributed by atoms with Gasteiger partial charge in [-0.25, -0.2) is 4.31 Å². The molecule has 1 N–H and O–H groups in total. The average molecular weight is 249 g/mol. The molecule has 1 aromatic rings. The molecule has 1 aliphatic heterocycles. The Labute approximate surface area is 106 Å². The first kappa shape index (κ1) is 12.2. The minimum Gasteiger partial charge on any atom is -0.279 e. The minimum absolute atomic E-state index is 0.0237. The maximum absolute atomic E-state index is 9.04. The molecule has 1 aromatic carbocycles. The topological polar surface area (TPSA) is 48.3 Å². The fraction of sp³-hybridized carbons (Fsp3) is 0.417. The Balaban J connectivity index is 2.10. The van der Waals surface area contributed by atoms with Crippen LogP contribution in [0.15, 0.2) is 29.2 Å². The van der Waals surface area contributed by atoms with Gasteiger partial charge in [0.25, 0.3) is 0 Å². The number of nitrogens with one attached hydrogen (secondary N) is 1. The second kappa shape index (κ2) is 5.92. The van der Waals surface area contributed by atoms with E-state index in [1.54, 1.807) is 19.1 Å². The average Bonchev–Trinajstić information content (AvgIpc) is 2.79. The highest BCUT2D eigenvalue weighted by atomic mass is 32.2. The Kier molecular flexibility index (Phi) is 4.26. The van der Waals surface area contributed by atoms with Crippen LogP contribution >= 0.6 is 11.9 Å². The molecule has 1 aliphatic rings. The van der Waals surface area contributed by atoms with Gasteiger partial charge in [-0.1, -0.05) is 12.1 Å². The van der Waals surface area contributed by atoms with E-state index in [-0.39, 0.29) is 6.04 Å². The van der Waals surface area contributed by atoms with Gasteiger partial charge in [0.15, 0.2) is 0 Å². The highest BCUT2D eigenvalue weighted by Gasteiger charge is 2.25. The van der Waals surface area contributed by atoms with Crippen molar-refractivity contribution in [3.8, 4) is 6.07 Å². The zero-order valence-electron chi connectivity index (χ0n) is 9.72. The molecule has 17 heavy (non-hydrogen) atoms. The summed E-state index contributed by atoms with van der Waals surface area (Å²) in [7, 11) is 1.59. The van der Waals surface area contributed by atoms with Crippen molar-refractivity contribution < 1.29 is 4.84 Å². The van der Waals surface area contributed by atoms with Gasteiger partial charge < -0.3 is 0 Å². The number of anilines is 1. The summed E-state index contributed by atoms with van der Waals surface area (Å²) in [5.74, 6) is 0. The number of para-hydroxylation sites is 1. The third-order valence-corrected chi connectivity index (χ3v) is 3.89. The van der Waals surface area contributed by atoms with Crippen molar-refractivity contribution in [1.29, 1.82) is 5.26 Å². The van der Waals surface area contributed by atoms with Crippen molar-refractivity contribution in [2.24, 2.45) is 0 Å². The van der Waals surface area contributed by atoms with Crippen molar-refractivity contribution in [2.45, 2.75) is 23.8 Å². The van der Waals surface area contributed by atoms with Gasteiger partial charge in [0.2, 0.25) is 0 Å². The summed E-state index contributed by atoms with van der Waals surface area (Å²) in [6.45, 7) is 0.963. The molecular formula is C12H15N3OS. The molecule has 0 spiro atoms. The van der Waals surface area contributed by atoms with Gasteiger partial charge in [0, 0.05) is 11.4 Å².